The number of hydrogen-bond acceptors (Lipinski definition) is 7. The average molecular weight is 559 g/mol. The molecule has 1 fully saturated rings. The van der Waals surface area contributed by atoms with Crippen LogP contribution >= 0.6 is 0 Å². The lowest BCUT2D eigenvalue weighted by molar-refractivity contribution is -0.143. The molecule has 14 nitrogen and oxygen atoms in total. The number of aliphatic carboxylic acids is 1. The molecule has 0 spiro atoms. The number of aliphatic hydroxyl groups excluding tert-OH is 1. The number of nitrogens with two attached hydrogens (primary N) is 2. The number of aliphatic hydroxyl groups is 1. The summed E-state index contributed by atoms with van der Waals surface area (Å²) >= 11 is 0. The number of carbonyl (C=O) groups excluding carboxylic acids is 3. The Morgan fingerprint density at radius 1 is 1.10 bits per heavy atom. The van der Waals surface area contributed by atoms with Gasteiger partial charge in [0.2, 0.25) is 17.7 Å². The Morgan fingerprint density at radius 2 is 1.85 bits per heavy atom. The number of fused-ring (bicyclic) bond motifs is 1. The highest BCUT2D eigenvalue weighted by molar-refractivity contribution is 5.94. The third kappa shape index (κ3) is 8.41. The number of para-hydroxylation sites is 1. The summed E-state index contributed by atoms with van der Waals surface area (Å²) in [6.07, 6.45) is 2.26. The maximum atomic E-state index is 13.2. The fourth-order valence-electron chi connectivity index (χ4n) is 4.59. The number of aromatic nitrogens is 1. The average Bonchev–Trinajstić information content (AvgIpc) is 3.59. The van der Waals surface area contributed by atoms with Gasteiger partial charge in [0.25, 0.3) is 0 Å². The Morgan fingerprint density at radius 3 is 2.50 bits per heavy atom. The predicted octanol–water partition coefficient (Wildman–Crippen LogP) is -1.56. The van der Waals surface area contributed by atoms with Crippen molar-refractivity contribution in [3.8, 4) is 0 Å². The van der Waals surface area contributed by atoms with Crippen LogP contribution in [0.15, 0.2) is 35.5 Å². The summed E-state index contributed by atoms with van der Waals surface area (Å²) in [5.74, 6) is -3.32. The molecule has 2 heterocycles. The van der Waals surface area contributed by atoms with E-state index in [9.17, 15) is 29.4 Å². The maximum Gasteiger partial charge on any atom is 0.326 e. The summed E-state index contributed by atoms with van der Waals surface area (Å²) in [5, 5.41) is 31.6. The second kappa shape index (κ2) is 14.3. The molecule has 1 aromatic heterocycles. The van der Waals surface area contributed by atoms with Crippen molar-refractivity contribution in [1.82, 2.24) is 26.3 Å². The van der Waals surface area contributed by atoms with Gasteiger partial charge in [0.1, 0.15) is 18.1 Å². The number of benzene rings is 1. The van der Waals surface area contributed by atoms with Crippen LogP contribution in [-0.2, 0) is 25.6 Å². The van der Waals surface area contributed by atoms with Gasteiger partial charge in [0.15, 0.2) is 5.96 Å². The van der Waals surface area contributed by atoms with Crippen molar-refractivity contribution in [2.45, 2.75) is 69.3 Å². The number of aromatic amines is 1. The fourth-order valence-corrected chi connectivity index (χ4v) is 4.59. The summed E-state index contributed by atoms with van der Waals surface area (Å²) in [6.45, 7) is 2.21. The largest absolute Gasteiger partial charge is 0.480 e. The lowest BCUT2D eigenvalue weighted by Crippen LogP contribution is -2.60. The zero-order valence-corrected chi connectivity index (χ0v) is 22.4. The van der Waals surface area contributed by atoms with E-state index in [0.29, 0.717) is 24.9 Å². The van der Waals surface area contributed by atoms with Crippen molar-refractivity contribution in [3.05, 3.63) is 36.0 Å². The Bertz CT molecular complexity index is 1220. The molecule has 40 heavy (non-hydrogen) atoms. The first-order chi connectivity index (χ1) is 19.1. The van der Waals surface area contributed by atoms with E-state index in [1.54, 1.807) is 6.20 Å². The number of aliphatic imine (C=N–C) groups is 1. The van der Waals surface area contributed by atoms with Crippen LogP contribution < -0.4 is 32.7 Å². The lowest BCUT2D eigenvalue weighted by Gasteiger charge is -2.26. The molecule has 3 amide bonds. The van der Waals surface area contributed by atoms with E-state index in [1.165, 1.54) is 6.92 Å². The van der Waals surface area contributed by atoms with Crippen LogP contribution in [0, 0.1) is 0 Å². The number of nitrogens with one attached hydrogen (secondary N) is 5. The summed E-state index contributed by atoms with van der Waals surface area (Å²) in [4.78, 5) is 58.0. The summed E-state index contributed by atoms with van der Waals surface area (Å²) < 4.78 is 0. The fraction of sp³-hybridized carbons (Fsp3) is 0.500. The quantitative estimate of drug-likeness (QED) is 0.0739. The molecule has 1 aliphatic rings. The molecule has 2 aromatic rings. The van der Waals surface area contributed by atoms with E-state index in [2.05, 4.69) is 31.2 Å². The Labute approximate surface area is 231 Å². The van der Waals surface area contributed by atoms with Crippen molar-refractivity contribution < 1.29 is 29.4 Å². The smallest absolute Gasteiger partial charge is 0.326 e. The van der Waals surface area contributed by atoms with Crippen LogP contribution in [0.4, 0.5) is 0 Å². The van der Waals surface area contributed by atoms with Gasteiger partial charge >= 0.3 is 5.97 Å². The summed E-state index contributed by atoms with van der Waals surface area (Å²) in [5.41, 5.74) is 12.2. The monoisotopic (exact) mass is 558 g/mol. The third-order valence-electron chi connectivity index (χ3n) is 6.73. The number of rotatable bonds is 14. The molecule has 0 bridgehead atoms. The van der Waals surface area contributed by atoms with Crippen molar-refractivity contribution in [2.75, 3.05) is 13.1 Å². The molecule has 3 rings (SSSR count). The van der Waals surface area contributed by atoms with Crippen molar-refractivity contribution in [1.29, 1.82) is 0 Å². The van der Waals surface area contributed by atoms with Gasteiger partial charge in [0.05, 0.1) is 12.1 Å². The van der Waals surface area contributed by atoms with Crippen LogP contribution in [0.2, 0.25) is 0 Å². The van der Waals surface area contributed by atoms with Gasteiger partial charge in [-0.15, -0.1) is 0 Å². The molecule has 1 saturated heterocycles. The van der Waals surface area contributed by atoms with E-state index in [4.69, 9.17) is 11.5 Å². The lowest BCUT2D eigenvalue weighted by atomic mass is 10.0. The van der Waals surface area contributed by atoms with Gasteiger partial charge in [-0.2, -0.15) is 0 Å². The summed E-state index contributed by atoms with van der Waals surface area (Å²) in [7, 11) is 0. The molecule has 1 aromatic carbocycles. The number of carboxylic acids is 1. The topological polar surface area (TPSA) is 237 Å². The third-order valence-corrected chi connectivity index (χ3v) is 6.73. The van der Waals surface area contributed by atoms with Crippen molar-refractivity contribution in [2.24, 2.45) is 16.5 Å². The van der Waals surface area contributed by atoms with E-state index in [-0.39, 0.29) is 31.3 Å². The normalized spacial score (nSPS) is 17.8. The minimum Gasteiger partial charge on any atom is -0.480 e. The highest BCUT2D eigenvalue weighted by atomic mass is 16.4. The molecular formula is C26H38N8O6. The van der Waals surface area contributed by atoms with Crippen molar-refractivity contribution in [3.63, 3.8) is 0 Å². The molecule has 0 aliphatic carbocycles. The Kier molecular flexibility index (Phi) is 10.8. The number of hydrogen-bond donors (Lipinski definition) is 9. The van der Waals surface area contributed by atoms with Crippen LogP contribution in [0.5, 0.6) is 0 Å². The van der Waals surface area contributed by atoms with Gasteiger partial charge in [-0.05, 0) is 50.8 Å². The van der Waals surface area contributed by atoms with Gasteiger partial charge < -0.3 is 47.9 Å². The molecule has 218 valence electrons. The first-order valence-electron chi connectivity index (χ1n) is 13.2. The van der Waals surface area contributed by atoms with Crippen LogP contribution in [0.25, 0.3) is 10.9 Å². The predicted molar refractivity (Wildman–Crippen MR) is 148 cm³/mol. The van der Waals surface area contributed by atoms with Crippen LogP contribution in [0.3, 0.4) is 0 Å². The Hall–Kier alpha value is -4.17. The second-order valence-electron chi connectivity index (χ2n) is 9.85. The van der Waals surface area contributed by atoms with Gasteiger partial charge in [0, 0.05) is 30.1 Å². The molecular weight excluding hydrogens is 520 g/mol. The van der Waals surface area contributed by atoms with E-state index in [0.717, 1.165) is 17.3 Å². The number of H-pyrrole nitrogens is 1. The van der Waals surface area contributed by atoms with Crippen LogP contribution in [-0.4, -0.2) is 88.2 Å². The SMILES string of the molecule is CC(O)C(NC(=O)C(CCCN=C(N)N)NC(=O)C1CCCN1)C(=O)NC(Cc1c[nH]c2ccccc12)C(=O)O. The van der Waals surface area contributed by atoms with Crippen LogP contribution in [0.1, 0.15) is 38.2 Å². The standard InChI is InChI=1S/C26H38N8O6/c1-14(35)21(24(38)33-20(25(39)40)12-15-13-31-17-7-3-2-6-16(15)17)34-23(37)19(9-5-11-30-26(27)28)32-22(36)18-8-4-10-29-18/h2-3,6-7,13-14,18-21,29,31,35H,4-5,8-12H2,1H3,(H,32,36)(H,33,38)(H,34,37)(H,39,40)(H4,27,28,30). The van der Waals surface area contributed by atoms with Gasteiger partial charge in [-0.1, -0.05) is 18.2 Å². The Balaban J connectivity index is 1.69. The van der Waals surface area contributed by atoms with E-state index < -0.39 is 48.1 Å². The van der Waals surface area contributed by atoms with Gasteiger partial charge in [-0.3, -0.25) is 19.4 Å². The number of nitrogens with zero attached hydrogens (tertiary/aromatic N) is 1. The highest BCUT2D eigenvalue weighted by Gasteiger charge is 2.33. The molecule has 5 atom stereocenters. The van der Waals surface area contributed by atoms with Gasteiger partial charge in [-0.25, -0.2) is 4.79 Å². The first-order valence-corrected chi connectivity index (χ1v) is 13.2. The molecule has 1 aliphatic heterocycles. The van der Waals surface area contributed by atoms with E-state index >= 15 is 0 Å². The minimum absolute atomic E-state index is 0.0244. The first kappa shape index (κ1) is 30.4. The molecule has 0 radical (unpaired) electrons. The number of guanidine groups is 1. The number of carboxylic acid groups (broad SMARTS) is 1. The summed E-state index contributed by atoms with van der Waals surface area (Å²) in [6, 6.07) is 3.07. The second-order valence-corrected chi connectivity index (χ2v) is 9.85. The minimum atomic E-state index is -1.47. The molecule has 0 saturated carbocycles. The molecule has 11 N–H and O–H groups in total. The molecule has 14 heteroatoms. The zero-order chi connectivity index (χ0) is 29.2. The number of carbonyl (C=O) groups is 4. The highest BCUT2D eigenvalue weighted by Crippen LogP contribution is 2.19. The molecule has 5 unspecified atom stereocenters. The maximum absolute atomic E-state index is 13.2. The zero-order valence-electron chi connectivity index (χ0n) is 22.4. The van der Waals surface area contributed by atoms with Crippen molar-refractivity contribution >= 4 is 40.6 Å². The van der Waals surface area contributed by atoms with E-state index in [1.807, 2.05) is 24.3 Å². The number of amides is 3.